The van der Waals surface area contributed by atoms with Crippen molar-refractivity contribution in [1.82, 2.24) is 0 Å². The Hall–Kier alpha value is -0.420. The molecule has 56 valence electrons. The molecule has 0 N–H and O–H groups in total. The van der Waals surface area contributed by atoms with E-state index in [2.05, 4.69) is 18.5 Å². The zero-order valence-electron chi connectivity index (χ0n) is 5.97. The summed E-state index contributed by atoms with van der Waals surface area (Å²) in [5, 5.41) is -0.0271. The maximum Gasteiger partial charge on any atom is 0.185 e. The molecule has 0 aliphatic carbocycles. The normalized spacial score (nSPS) is 8.80. The molecule has 2 heteroatoms. The Balaban J connectivity index is 2.92. The third-order valence-electron chi connectivity index (χ3n) is 1.21. The standard InChI is InChI=1S/C8H12OS/c1-2-3-4-5-6-7-8(9)10/h1H,3-7H2,(H,9,10). The lowest BCUT2D eigenvalue weighted by Crippen LogP contribution is -1.85. The summed E-state index contributed by atoms with van der Waals surface area (Å²) in [6.45, 7) is 0. The molecule has 0 atom stereocenters. The summed E-state index contributed by atoms with van der Waals surface area (Å²) < 4.78 is 0. The van der Waals surface area contributed by atoms with Crippen LogP contribution >= 0.6 is 12.6 Å². The zero-order valence-corrected chi connectivity index (χ0v) is 6.86. The van der Waals surface area contributed by atoms with Gasteiger partial charge >= 0.3 is 0 Å². The number of hydrogen-bond acceptors (Lipinski definition) is 1. The molecule has 0 saturated heterocycles. The van der Waals surface area contributed by atoms with Gasteiger partial charge in [-0.2, -0.15) is 0 Å². The summed E-state index contributed by atoms with van der Waals surface area (Å²) in [7, 11) is 0. The van der Waals surface area contributed by atoms with E-state index in [4.69, 9.17) is 6.42 Å². The van der Waals surface area contributed by atoms with Crippen LogP contribution in [0.4, 0.5) is 0 Å². The van der Waals surface area contributed by atoms with E-state index >= 15 is 0 Å². The molecule has 0 saturated carbocycles. The van der Waals surface area contributed by atoms with Gasteiger partial charge in [-0.25, -0.2) is 0 Å². The first-order chi connectivity index (χ1) is 4.77. The fraction of sp³-hybridized carbons (Fsp3) is 0.625. The van der Waals surface area contributed by atoms with E-state index in [9.17, 15) is 4.79 Å². The van der Waals surface area contributed by atoms with Crippen LogP contribution in [0.1, 0.15) is 32.1 Å². The van der Waals surface area contributed by atoms with Crippen LogP contribution < -0.4 is 0 Å². The molecule has 10 heavy (non-hydrogen) atoms. The molecule has 0 fully saturated rings. The van der Waals surface area contributed by atoms with Crippen molar-refractivity contribution in [2.24, 2.45) is 0 Å². The lowest BCUT2D eigenvalue weighted by Gasteiger charge is -1.93. The van der Waals surface area contributed by atoms with Crippen LogP contribution in [0.3, 0.4) is 0 Å². The van der Waals surface area contributed by atoms with Crippen molar-refractivity contribution < 1.29 is 4.79 Å². The Morgan fingerprint density at radius 2 is 2.10 bits per heavy atom. The van der Waals surface area contributed by atoms with Gasteiger partial charge in [0, 0.05) is 12.8 Å². The highest BCUT2D eigenvalue weighted by molar-refractivity contribution is 7.96. The Labute approximate surface area is 67.6 Å². The van der Waals surface area contributed by atoms with Crippen LogP contribution in [0.15, 0.2) is 0 Å². The van der Waals surface area contributed by atoms with Gasteiger partial charge in [0.2, 0.25) is 0 Å². The molecule has 0 aromatic heterocycles. The molecule has 0 aliphatic heterocycles. The Morgan fingerprint density at radius 3 is 2.60 bits per heavy atom. The third-order valence-corrected chi connectivity index (χ3v) is 1.44. The van der Waals surface area contributed by atoms with Crippen molar-refractivity contribution in [3.05, 3.63) is 0 Å². The van der Waals surface area contributed by atoms with E-state index in [1.54, 1.807) is 0 Å². The summed E-state index contributed by atoms with van der Waals surface area (Å²) >= 11 is 3.64. The Morgan fingerprint density at radius 1 is 1.40 bits per heavy atom. The van der Waals surface area contributed by atoms with Crippen LogP contribution in [0.25, 0.3) is 0 Å². The number of terminal acetylenes is 1. The van der Waals surface area contributed by atoms with Gasteiger partial charge in [0.25, 0.3) is 0 Å². The molecule has 0 amide bonds. The van der Waals surface area contributed by atoms with Crippen LogP contribution in [-0.4, -0.2) is 5.12 Å². The maximum absolute atomic E-state index is 10.3. The molecular formula is C8H12OS. The summed E-state index contributed by atoms with van der Waals surface area (Å²) in [5.41, 5.74) is 0. The maximum atomic E-state index is 10.3. The first-order valence-electron chi connectivity index (χ1n) is 3.42. The first kappa shape index (κ1) is 9.58. The van der Waals surface area contributed by atoms with Gasteiger partial charge in [-0.3, -0.25) is 4.79 Å². The Bertz CT molecular complexity index is 135. The van der Waals surface area contributed by atoms with Crippen molar-refractivity contribution in [1.29, 1.82) is 0 Å². The molecule has 0 unspecified atom stereocenters. The summed E-state index contributed by atoms with van der Waals surface area (Å²) in [6.07, 6.45) is 9.42. The average molecular weight is 156 g/mol. The number of hydrogen-bond donors (Lipinski definition) is 1. The van der Waals surface area contributed by atoms with Crippen LogP contribution in [-0.2, 0) is 4.79 Å². The van der Waals surface area contributed by atoms with Gasteiger partial charge < -0.3 is 0 Å². The summed E-state index contributed by atoms with van der Waals surface area (Å²) in [6, 6.07) is 0. The van der Waals surface area contributed by atoms with E-state index in [-0.39, 0.29) is 5.12 Å². The molecular weight excluding hydrogens is 144 g/mol. The van der Waals surface area contributed by atoms with Gasteiger partial charge in [0.1, 0.15) is 0 Å². The quantitative estimate of drug-likeness (QED) is 0.366. The number of thiol groups is 1. The molecule has 1 nitrogen and oxygen atoms in total. The smallest absolute Gasteiger partial charge is 0.185 e. The fourth-order valence-electron chi connectivity index (χ4n) is 0.680. The lowest BCUT2D eigenvalue weighted by atomic mass is 10.2. The zero-order chi connectivity index (χ0) is 7.82. The molecule has 0 spiro atoms. The largest absolute Gasteiger partial charge is 0.288 e. The number of rotatable bonds is 5. The van der Waals surface area contributed by atoms with E-state index in [1.807, 2.05) is 0 Å². The van der Waals surface area contributed by atoms with Crippen molar-refractivity contribution in [3.8, 4) is 12.3 Å². The molecule has 0 heterocycles. The van der Waals surface area contributed by atoms with Gasteiger partial charge in [-0.1, -0.05) is 6.42 Å². The minimum absolute atomic E-state index is 0.0271. The average Bonchev–Trinajstić information content (AvgIpc) is 1.87. The van der Waals surface area contributed by atoms with E-state index in [0.29, 0.717) is 6.42 Å². The highest BCUT2D eigenvalue weighted by atomic mass is 32.1. The number of carbonyl (C=O) groups is 1. The summed E-state index contributed by atoms with van der Waals surface area (Å²) in [5.74, 6) is 2.55. The predicted octanol–water partition coefficient (Wildman–Crippen LogP) is 2.03. The molecule has 0 aromatic rings. The lowest BCUT2D eigenvalue weighted by molar-refractivity contribution is -0.110. The minimum Gasteiger partial charge on any atom is -0.288 e. The number of unbranched alkanes of at least 4 members (excludes halogenated alkanes) is 3. The van der Waals surface area contributed by atoms with Crippen LogP contribution in [0, 0.1) is 12.3 Å². The molecule has 0 bridgehead atoms. The second-order valence-electron chi connectivity index (χ2n) is 2.16. The predicted molar refractivity (Wildman–Crippen MR) is 45.9 cm³/mol. The monoisotopic (exact) mass is 156 g/mol. The van der Waals surface area contributed by atoms with E-state index < -0.39 is 0 Å². The van der Waals surface area contributed by atoms with Crippen molar-refractivity contribution in [2.75, 3.05) is 0 Å². The van der Waals surface area contributed by atoms with Gasteiger partial charge in [-0.05, 0) is 12.8 Å². The minimum atomic E-state index is -0.0271. The van der Waals surface area contributed by atoms with E-state index in [0.717, 1.165) is 25.7 Å². The first-order valence-corrected chi connectivity index (χ1v) is 3.87. The second kappa shape index (κ2) is 6.70. The van der Waals surface area contributed by atoms with Gasteiger partial charge in [0.05, 0.1) is 0 Å². The topological polar surface area (TPSA) is 17.1 Å². The molecule has 0 aromatic carbocycles. The number of carbonyl (C=O) groups excluding carboxylic acids is 1. The van der Waals surface area contributed by atoms with Crippen molar-refractivity contribution >= 4 is 17.7 Å². The fourth-order valence-corrected chi connectivity index (χ4v) is 0.838. The summed E-state index contributed by atoms with van der Waals surface area (Å²) in [4.78, 5) is 10.3. The van der Waals surface area contributed by atoms with Crippen molar-refractivity contribution in [2.45, 2.75) is 32.1 Å². The van der Waals surface area contributed by atoms with Crippen LogP contribution in [0.5, 0.6) is 0 Å². The van der Waals surface area contributed by atoms with Gasteiger partial charge in [0.15, 0.2) is 5.12 Å². The molecule has 0 radical (unpaired) electrons. The molecule has 0 aliphatic rings. The Kier molecular flexibility index (Phi) is 6.42. The van der Waals surface area contributed by atoms with Crippen LogP contribution in [0.2, 0.25) is 0 Å². The van der Waals surface area contributed by atoms with E-state index in [1.165, 1.54) is 0 Å². The SMILES string of the molecule is C#CCCCCCC(=O)S. The van der Waals surface area contributed by atoms with Crippen molar-refractivity contribution in [3.63, 3.8) is 0 Å². The second-order valence-corrected chi connectivity index (χ2v) is 2.66. The highest BCUT2D eigenvalue weighted by Crippen LogP contribution is 2.03. The molecule has 0 rings (SSSR count). The highest BCUT2D eigenvalue weighted by Gasteiger charge is 1.92. The third kappa shape index (κ3) is 7.58. The van der Waals surface area contributed by atoms with Gasteiger partial charge in [-0.15, -0.1) is 25.0 Å².